The smallest absolute Gasteiger partial charge is 0.254 e. The molecule has 1 N–H and O–H groups in total. The van der Waals surface area contributed by atoms with Crippen LogP contribution in [-0.4, -0.2) is 39.6 Å². The quantitative estimate of drug-likeness (QED) is 0.476. The second kappa shape index (κ2) is 9.91. The van der Waals surface area contributed by atoms with Crippen molar-refractivity contribution in [1.82, 2.24) is 20.0 Å². The van der Waals surface area contributed by atoms with Gasteiger partial charge in [0.15, 0.2) is 0 Å². The van der Waals surface area contributed by atoms with E-state index in [9.17, 15) is 9.59 Å². The van der Waals surface area contributed by atoms with Crippen LogP contribution in [0.4, 0.5) is 0 Å². The van der Waals surface area contributed by atoms with Crippen molar-refractivity contribution >= 4 is 22.6 Å². The zero-order chi connectivity index (χ0) is 23.3. The minimum absolute atomic E-state index is 0.00192. The van der Waals surface area contributed by atoms with E-state index in [0.29, 0.717) is 25.2 Å². The van der Waals surface area contributed by atoms with Crippen LogP contribution in [-0.2, 0) is 17.9 Å². The van der Waals surface area contributed by atoms with Gasteiger partial charge in [0.05, 0.1) is 12.5 Å². The molecule has 4 aromatic rings. The number of nitrogens with zero attached hydrogens (tertiary/aromatic N) is 3. The minimum Gasteiger partial charge on any atom is -0.352 e. The Hall–Kier alpha value is -3.93. The highest BCUT2D eigenvalue weighted by atomic mass is 16.2. The second-order valence-corrected chi connectivity index (χ2v) is 8.85. The zero-order valence-corrected chi connectivity index (χ0v) is 19.1. The number of piperidine rings is 1. The van der Waals surface area contributed by atoms with Crippen molar-refractivity contribution in [3.05, 3.63) is 102 Å². The fourth-order valence-electron chi connectivity index (χ4n) is 4.63. The number of carbonyl (C=O) groups is 2. The number of benzene rings is 3. The Bertz CT molecular complexity index is 1280. The third-order valence-electron chi connectivity index (χ3n) is 6.49. The van der Waals surface area contributed by atoms with Crippen LogP contribution in [0.3, 0.4) is 0 Å². The van der Waals surface area contributed by atoms with Crippen molar-refractivity contribution in [1.29, 1.82) is 0 Å². The molecule has 1 unspecified atom stereocenters. The maximum absolute atomic E-state index is 13.3. The molecule has 1 aliphatic heterocycles. The average molecular weight is 453 g/mol. The standard InChI is InChI=1S/C28H28N4O2/c33-27(29-18-21-11-13-22(14-12-21)19-32-17-5-15-30-32)24-8-4-16-31(20-24)28(34)26-10-3-7-23-6-1-2-9-25(23)26/h1-3,5-7,9-15,17,24H,4,8,16,18-20H2,(H,29,33). The monoisotopic (exact) mass is 452 g/mol. The molecule has 1 aromatic heterocycles. The first-order valence-electron chi connectivity index (χ1n) is 11.8. The Morgan fingerprint density at radius 2 is 1.74 bits per heavy atom. The molecule has 172 valence electrons. The first kappa shape index (κ1) is 21.9. The van der Waals surface area contributed by atoms with Gasteiger partial charge in [-0.1, -0.05) is 60.7 Å². The van der Waals surface area contributed by atoms with E-state index in [4.69, 9.17) is 0 Å². The number of aromatic nitrogens is 2. The van der Waals surface area contributed by atoms with Gasteiger partial charge in [0.1, 0.15) is 0 Å². The molecular weight excluding hydrogens is 424 g/mol. The Balaban J connectivity index is 1.18. The van der Waals surface area contributed by atoms with Gasteiger partial charge in [-0.15, -0.1) is 0 Å². The molecule has 1 aliphatic rings. The van der Waals surface area contributed by atoms with Gasteiger partial charge >= 0.3 is 0 Å². The van der Waals surface area contributed by atoms with E-state index in [1.54, 1.807) is 6.20 Å². The highest BCUT2D eigenvalue weighted by Gasteiger charge is 2.29. The van der Waals surface area contributed by atoms with Gasteiger partial charge in [0.2, 0.25) is 5.91 Å². The molecule has 0 spiro atoms. The maximum Gasteiger partial charge on any atom is 0.254 e. The topological polar surface area (TPSA) is 67.2 Å². The Labute approximate surface area is 199 Å². The number of hydrogen-bond acceptors (Lipinski definition) is 3. The van der Waals surface area contributed by atoms with Crippen LogP contribution in [0.5, 0.6) is 0 Å². The number of carbonyl (C=O) groups excluding carboxylic acids is 2. The fraction of sp³-hybridized carbons (Fsp3) is 0.250. The molecule has 5 rings (SSSR count). The molecule has 0 radical (unpaired) electrons. The lowest BCUT2D eigenvalue weighted by Gasteiger charge is -2.32. The number of nitrogens with one attached hydrogen (secondary N) is 1. The van der Waals surface area contributed by atoms with Crippen molar-refractivity contribution in [2.45, 2.75) is 25.9 Å². The maximum atomic E-state index is 13.3. The normalized spacial score (nSPS) is 15.9. The average Bonchev–Trinajstić information content (AvgIpc) is 3.40. The molecule has 6 nitrogen and oxygen atoms in total. The van der Waals surface area contributed by atoms with E-state index in [2.05, 4.69) is 22.5 Å². The molecule has 1 saturated heterocycles. The van der Waals surface area contributed by atoms with Crippen molar-refractivity contribution in [2.24, 2.45) is 5.92 Å². The highest BCUT2D eigenvalue weighted by Crippen LogP contribution is 2.23. The van der Waals surface area contributed by atoms with Crippen LogP contribution in [0.25, 0.3) is 10.8 Å². The first-order chi connectivity index (χ1) is 16.7. The molecule has 2 amide bonds. The number of likely N-dealkylation sites (tertiary alicyclic amines) is 1. The summed E-state index contributed by atoms with van der Waals surface area (Å²) in [6, 6.07) is 23.9. The van der Waals surface area contributed by atoms with Gasteiger partial charge in [-0.2, -0.15) is 5.10 Å². The Morgan fingerprint density at radius 1 is 0.941 bits per heavy atom. The molecule has 1 atom stereocenters. The zero-order valence-electron chi connectivity index (χ0n) is 19.1. The predicted molar refractivity (Wildman–Crippen MR) is 132 cm³/mol. The van der Waals surface area contributed by atoms with Crippen LogP contribution >= 0.6 is 0 Å². The molecule has 1 fully saturated rings. The molecule has 2 heterocycles. The van der Waals surface area contributed by atoms with Gasteiger partial charge in [-0.3, -0.25) is 14.3 Å². The molecule has 34 heavy (non-hydrogen) atoms. The Morgan fingerprint density at radius 3 is 2.56 bits per heavy atom. The summed E-state index contributed by atoms with van der Waals surface area (Å²) in [5.74, 6) is -0.176. The largest absolute Gasteiger partial charge is 0.352 e. The third kappa shape index (κ3) is 4.86. The lowest BCUT2D eigenvalue weighted by molar-refractivity contribution is -0.126. The molecule has 3 aromatic carbocycles. The SMILES string of the molecule is O=C(NCc1ccc(Cn2cccn2)cc1)C1CCCN(C(=O)c2cccc3ccccc23)C1. The molecular formula is C28H28N4O2. The number of amides is 2. The van der Waals surface area contributed by atoms with E-state index in [1.165, 1.54) is 0 Å². The summed E-state index contributed by atoms with van der Waals surface area (Å²) in [5, 5.41) is 9.30. The van der Waals surface area contributed by atoms with Gasteiger partial charge in [-0.25, -0.2) is 0 Å². The third-order valence-corrected chi connectivity index (χ3v) is 6.49. The van der Waals surface area contributed by atoms with E-state index in [0.717, 1.165) is 41.3 Å². The summed E-state index contributed by atoms with van der Waals surface area (Å²) in [7, 11) is 0. The summed E-state index contributed by atoms with van der Waals surface area (Å²) < 4.78 is 1.88. The highest BCUT2D eigenvalue weighted by molar-refractivity contribution is 6.07. The minimum atomic E-state index is -0.188. The lowest BCUT2D eigenvalue weighted by atomic mass is 9.95. The number of hydrogen-bond donors (Lipinski definition) is 1. The molecule has 0 aliphatic carbocycles. The summed E-state index contributed by atoms with van der Waals surface area (Å²) in [6.45, 7) is 2.34. The van der Waals surface area contributed by atoms with E-state index >= 15 is 0 Å². The van der Waals surface area contributed by atoms with Crippen molar-refractivity contribution in [2.75, 3.05) is 13.1 Å². The van der Waals surface area contributed by atoms with Crippen molar-refractivity contribution in [3.63, 3.8) is 0 Å². The number of fused-ring (bicyclic) bond motifs is 1. The van der Waals surface area contributed by atoms with Gasteiger partial charge in [0.25, 0.3) is 5.91 Å². The van der Waals surface area contributed by atoms with Gasteiger partial charge in [0, 0.05) is 37.6 Å². The molecule has 0 saturated carbocycles. The van der Waals surface area contributed by atoms with Crippen LogP contribution in [0.15, 0.2) is 85.2 Å². The summed E-state index contributed by atoms with van der Waals surface area (Å²) in [5.41, 5.74) is 2.92. The summed E-state index contributed by atoms with van der Waals surface area (Å²) in [6.07, 6.45) is 5.34. The van der Waals surface area contributed by atoms with E-state index in [1.807, 2.05) is 76.4 Å². The van der Waals surface area contributed by atoms with E-state index in [-0.39, 0.29) is 17.7 Å². The van der Waals surface area contributed by atoms with Crippen LogP contribution < -0.4 is 5.32 Å². The summed E-state index contributed by atoms with van der Waals surface area (Å²) >= 11 is 0. The van der Waals surface area contributed by atoms with Crippen LogP contribution in [0, 0.1) is 5.92 Å². The van der Waals surface area contributed by atoms with Gasteiger partial charge < -0.3 is 10.2 Å². The second-order valence-electron chi connectivity index (χ2n) is 8.85. The molecule has 6 heteroatoms. The fourth-order valence-corrected chi connectivity index (χ4v) is 4.63. The van der Waals surface area contributed by atoms with Gasteiger partial charge in [-0.05, 0) is 46.9 Å². The first-order valence-corrected chi connectivity index (χ1v) is 11.8. The summed E-state index contributed by atoms with van der Waals surface area (Å²) in [4.78, 5) is 28.0. The lowest BCUT2D eigenvalue weighted by Crippen LogP contribution is -2.45. The molecule has 0 bridgehead atoms. The van der Waals surface area contributed by atoms with E-state index < -0.39 is 0 Å². The van der Waals surface area contributed by atoms with Crippen molar-refractivity contribution in [3.8, 4) is 0 Å². The predicted octanol–water partition coefficient (Wildman–Crippen LogP) is 4.25. The van der Waals surface area contributed by atoms with Crippen LogP contribution in [0.2, 0.25) is 0 Å². The van der Waals surface area contributed by atoms with Crippen LogP contribution in [0.1, 0.15) is 34.3 Å². The Kier molecular flexibility index (Phi) is 6.38. The van der Waals surface area contributed by atoms with Crippen molar-refractivity contribution < 1.29 is 9.59 Å². The number of rotatable bonds is 6.